The summed E-state index contributed by atoms with van der Waals surface area (Å²) in [6, 6.07) is 2.09. The van der Waals surface area contributed by atoms with E-state index in [4.69, 9.17) is 11.6 Å². The zero-order valence-electron chi connectivity index (χ0n) is 12.6. The van der Waals surface area contributed by atoms with E-state index in [2.05, 4.69) is 11.7 Å². The number of hydrogen-bond acceptors (Lipinski definition) is 4. The van der Waals surface area contributed by atoms with Gasteiger partial charge in [-0.2, -0.15) is 4.68 Å². The van der Waals surface area contributed by atoms with Gasteiger partial charge in [0.2, 0.25) is 10.0 Å². The van der Waals surface area contributed by atoms with E-state index in [1.807, 2.05) is 0 Å². The average molecular weight is 361 g/mol. The van der Waals surface area contributed by atoms with Crippen molar-refractivity contribution in [2.75, 3.05) is 17.6 Å². The molecule has 124 valence electrons. The fraction of sp³-hybridized carbons (Fsp3) is 0.231. The normalized spacial score (nSPS) is 11.5. The second-order valence-corrected chi connectivity index (χ2v) is 7.20. The molecule has 10 heteroatoms. The maximum Gasteiger partial charge on any atom is 0.354 e. The molecule has 0 saturated heterocycles. The molecule has 0 unspecified atom stereocenters. The summed E-state index contributed by atoms with van der Waals surface area (Å²) >= 11 is 5.92. The monoisotopic (exact) mass is 360 g/mol. The Morgan fingerprint density at radius 3 is 2.52 bits per heavy atom. The first kappa shape index (κ1) is 17.2. The summed E-state index contributed by atoms with van der Waals surface area (Å²) in [7, 11) is -2.34. The highest BCUT2D eigenvalue weighted by Crippen LogP contribution is 2.30. The van der Waals surface area contributed by atoms with Gasteiger partial charge in [-0.3, -0.25) is 8.87 Å². The number of benzene rings is 1. The van der Waals surface area contributed by atoms with Crippen LogP contribution in [0.25, 0.3) is 11.9 Å². The Hall–Kier alpha value is -2.13. The lowest BCUT2D eigenvalue weighted by Gasteiger charge is -2.19. The smallest absolute Gasteiger partial charge is 0.272 e. The molecule has 1 aromatic carbocycles. The van der Waals surface area contributed by atoms with Crippen LogP contribution in [0.1, 0.15) is 5.82 Å². The molecule has 0 atom stereocenters. The number of aromatic nitrogens is 3. The lowest BCUT2D eigenvalue weighted by Crippen LogP contribution is -2.26. The van der Waals surface area contributed by atoms with Crippen LogP contribution in [0, 0.1) is 12.7 Å². The lowest BCUT2D eigenvalue weighted by atomic mass is 10.2. The molecule has 0 N–H and O–H groups in total. The Labute approximate surface area is 137 Å². The fourth-order valence-corrected chi connectivity index (χ4v) is 2.79. The van der Waals surface area contributed by atoms with E-state index in [0.717, 1.165) is 31.9 Å². The average Bonchev–Trinajstić information content (AvgIpc) is 2.72. The van der Waals surface area contributed by atoms with Crippen molar-refractivity contribution in [1.29, 1.82) is 0 Å². The number of sulfonamides is 1. The maximum atomic E-state index is 14.2. The molecule has 2 aromatic rings. The summed E-state index contributed by atoms with van der Waals surface area (Å²) in [5.74, 6) is -0.506. The first-order valence-electron chi connectivity index (χ1n) is 6.32. The van der Waals surface area contributed by atoms with Crippen LogP contribution in [0.5, 0.6) is 0 Å². The minimum atomic E-state index is -3.61. The van der Waals surface area contributed by atoms with E-state index >= 15 is 0 Å². The zero-order valence-corrected chi connectivity index (χ0v) is 14.2. The van der Waals surface area contributed by atoms with Crippen molar-refractivity contribution in [3.05, 3.63) is 45.9 Å². The summed E-state index contributed by atoms with van der Waals surface area (Å²) in [5.41, 5.74) is -0.816. The Morgan fingerprint density at radius 2 is 2.04 bits per heavy atom. The van der Waals surface area contributed by atoms with Crippen LogP contribution >= 0.6 is 11.6 Å². The molecule has 1 heterocycles. The second-order valence-electron chi connectivity index (χ2n) is 4.78. The van der Waals surface area contributed by atoms with E-state index in [1.165, 1.54) is 13.2 Å². The van der Waals surface area contributed by atoms with Gasteiger partial charge in [0, 0.05) is 13.2 Å². The van der Waals surface area contributed by atoms with E-state index < -0.39 is 21.5 Å². The van der Waals surface area contributed by atoms with Crippen molar-refractivity contribution in [3.63, 3.8) is 0 Å². The van der Waals surface area contributed by atoms with Gasteiger partial charge in [0.15, 0.2) is 5.82 Å². The van der Waals surface area contributed by atoms with Crippen molar-refractivity contribution >= 4 is 33.5 Å². The third-order valence-corrected chi connectivity index (χ3v) is 4.74. The topological polar surface area (TPSA) is 77.2 Å². The van der Waals surface area contributed by atoms with Crippen molar-refractivity contribution in [2.24, 2.45) is 0 Å². The van der Waals surface area contributed by atoms with Gasteiger partial charge < -0.3 is 0 Å². The van der Waals surface area contributed by atoms with Gasteiger partial charge in [-0.1, -0.05) is 18.2 Å². The standard InChI is InChI=1S/C13H14ClFN4O3S/c1-5-18-8(2)16-19(13(18)20)12-7-11(9(14)6-10(12)15)17(3)23(4,21)22/h5-7H,1H2,2-4H3. The third kappa shape index (κ3) is 3.02. The predicted molar refractivity (Wildman–Crippen MR) is 87.2 cm³/mol. The summed E-state index contributed by atoms with van der Waals surface area (Å²) < 4.78 is 40.4. The van der Waals surface area contributed by atoms with Crippen molar-refractivity contribution in [3.8, 4) is 5.69 Å². The molecule has 0 aliphatic carbocycles. The summed E-state index contributed by atoms with van der Waals surface area (Å²) in [6.45, 7) is 5.03. The first-order chi connectivity index (χ1) is 10.6. The van der Waals surface area contributed by atoms with Crippen molar-refractivity contribution < 1.29 is 12.8 Å². The number of anilines is 1. The van der Waals surface area contributed by atoms with E-state index in [1.54, 1.807) is 6.92 Å². The van der Waals surface area contributed by atoms with Crippen LogP contribution in [0.2, 0.25) is 5.02 Å². The Balaban J connectivity index is 2.75. The summed E-state index contributed by atoms with van der Waals surface area (Å²) in [5, 5.41) is 3.84. The van der Waals surface area contributed by atoms with Gasteiger partial charge in [-0.05, 0) is 19.1 Å². The summed E-state index contributed by atoms with van der Waals surface area (Å²) in [6.07, 6.45) is 2.23. The van der Waals surface area contributed by atoms with Gasteiger partial charge in [-0.15, -0.1) is 5.10 Å². The van der Waals surface area contributed by atoms with Gasteiger partial charge in [0.25, 0.3) is 0 Å². The number of nitrogens with zero attached hydrogens (tertiary/aromatic N) is 4. The number of halogens is 2. The third-order valence-electron chi connectivity index (χ3n) is 3.24. The zero-order chi connectivity index (χ0) is 17.5. The summed E-state index contributed by atoms with van der Waals surface area (Å²) in [4.78, 5) is 12.2. The molecular weight excluding hydrogens is 347 g/mol. The molecule has 0 fully saturated rings. The van der Waals surface area contributed by atoms with E-state index in [9.17, 15) is 17.6 Å². The Bertz CT molecular complexity index is 949. The maximum absolute atomic E-state index is 14.2. The van der Waals surface area contributed by atoms with E-state index in [-0.39, 0.29) is 16.4 Å². The molecule has 0 saturated carbocycles. The Morgan fingerprint density at radius 1 is 1.43 bits per heavy atom. The molecule has 2 rings (SSSR count). The van der Waals surface area contributed by atoms with Crippen LogP contribution in [0.3, 0.4) is 0 Å². The van der Waals surface area contributed by atoms with Gasteiger partial charge in [0.1, 0.15) is 11.5 Å². The molecule has 0 radical (unpaired) electrons. The molecule has 0 spiro atoms. The van der Waals surface area contributed by atoms with E-state index in [0.29, 0.717) is 5.82 Å². The molecule has 0 aliphatic rings. The Kier molecular flexibility index (Phi) is 4.36. The van der Waals surface area contributed by atoms with Gasteiger partial charge in [0.05, 0.1) is 17.0 Å². The SMILES string of the molecule is C=Cn1c(C)nn(-c2cc(N(C)S(C)(=O)=O)c(Cl)cc2F)c1=O. The first-order valence-corrected chi connectivity index (χ1v) is 8.54. The van der Waals surface area contributed by atoms with Crippen LogP contribution in [-0.4, -0.2) is 36.1 Å². The highest BCUT2D eigenvalue weighted by Gasteiger charge is 2.21. The van der Waals surface area contributed by atoms with Gasteiger partial charge >= 0.3 is 5.69 Å². The molecule has 23 heavy (non-hydrogen) atoms. The molecule has 0 bridgehead atoms. The van der Waals surface area contributed by atoms with Crippen LogP contribution in [-0.2, 0) is 10.0 Å². The molecule has 7 nitrogen and oxygen atoms in total. The lowest BCUT2D eigenvalue weighted by molar-refractivity contribution is 0.598. The number of aryl methyl sites for hydroxylation is 1. The largest absolute Gasteiger partial charge is 0.354 e. The highest BCUT2D eigenvalue weighted by molar-refractivity contribution is 7.92. The van der Waals surface area contributed by atoms with Crippen LogP contribution in [0.4, 0.5) is 10.1 Å². The quantitative estimate of drug-likeness (QED) is 0.830. The molecular formula is C13H14ClFN4O3S. The molecule has 1 aromatic heterocycles. The predicted octanol–water partition coefficient (Wildman–Crippen LogP) is 1.63. The fourth-order valence-electron chi connectivity index (χ4n) is 1.95. The molecule has 0 aliphatic heterocycles. The highest BCUT2D eigenvalue weighted by atomic mass is 35.5. The van der Waals surface area contributed by atoms with Crippen LogP contribution < -0.4 is 9.99 Å². The molecule has 0 amide bonds. The number of hydrogen-bond donors (Lipinski definition) is 0. The van der Waals surface area contributed by atoms with Crippen molar-refractivity contribution in [1.82, 2.24) is 14.3 Å². The van der Waals surface area contributed by atoms with Crippen LogP contribution in [0.15, 0.2) is 23.5 Å². The number of rotatable bonds is 4. The van der Waals surface area contributed by atoms with Crippen molar-refractivity contribution in [2.45, 2.75) is 6.92 Å². The van der Waals surface area contributed by atoms with Gasteiger partial charge in [-0.25, -0.2) is 17.6 Å². The minimum absolute atomic E-state index is 0.0308. The minimum Gasteiger partial charge on any atom is -0.272 e. The second kappa shape index (κ2) is 5.82.